The lowest BCUT2D eigenvalue weighted by atomic mass is 9.92. The van der Waals surface area contributed by atoms with Crippen LogP contribution in [0.5, 0.6) is 0 Å². The van der Waals surface area contributed by atoms with Crippen LogP contribution in [0.3, 0.4) is 0 Å². The number of hydrogen-bond donors (Lipinski definition) is 1. The van der Waals surface area contributed by atoms with Gasteiger partial charge in [0.2, 0.25) is 11.8 Å². The topological polar surface area (TPSA) is 74.7 Å². The molecule has 5 heteroatoms. The Kier molecular flexibility index (Phi) is 2.94. The monoisotopic (exact) mass is 225 g/mol. The maximum atomic E-state index is 11.9. The summed E-state index contributed by atoms with van der Waals surface area (Å²) in [7, 11) is 0. The summed E-state index contributed by atoms with van der Waals surface area (Å²) in [6.07, 6.45) is 3.06. The maximum Gasteiger partial charge on any atom is 0.303 e. The number of likely N-dealkylation sites (tertiary alicyclic amines) is 1. The summed E-state index contributed by atoms with van der Waals surface area (Å²) in [5, 5.41) is 8.58. The molecule has 1 heterocycles. The van der Waals surface area contributed by atoms with Crippen LogP contribution in [0.2, 0.25) is 0 Å². The number of carbonyl (C=O) groups is 3. The van der Waals surface area contributed by atoms with Crippen LogP contribution in [0.15, 0.2) is 0 Å². The fourth-order valence-corrected chi connectivity index (χ4v) is 2.14. The molecule has 2 aliphatic rings. The van der Waals surface area contributed by atoms with E-state index in [0.717, 1.165) is 12.8 Å². The molecule has 1 saturated carbocycles. The first kappa shape index (κ1) is 11.1. The first-order valence-corrected chi connectivity index (χ1v) is 5.67. The third-order valence-electron chi connectivity index (χ3n) is 3.18. The highest BCUT2D eigenvalue weighted by atomic mass is 16.4. The number of imide groups is 1. The summed E-state index contributed by atoms with van der Waals surface area (Å²) in [5.41, 5.74) is 0. The molecule has 16 heavy (non-hydrogen) atoms. The fourth-order valence-electron chi connectivity index (χ4n) is 2.14. The van der Waals surface area contributed by atoms with Gasteiger partial charge in [0, 0.05) is 24.8 Å². The summed E-state index contributed by atoms with van der Waals surface area (Å²) in [6.45, 7) is 0. The van der Waals surface area contributed by atoms with Crippen LogP contribution < -0.4 is 0 Å². The predicted molar refractivity (Wildman–Crippen MR) is 54.5 cm³/mol. The maximum absolute atomic E-state index is 11.9. The minimum Gasteiger partial charge on any atom is -0.481 e. The second kappa shape index (κ2) is 4.23. The van der Waals surface area contributed by atoms with Crippen molar-refractivity contribution >= 4 is 17.8 Å². The Balaban J connectivity index is 1.97. The van der Waals surface area contributed by atoms with Gasteiger partial charge in [0.25, 0.3) is 0 Å². The van der Waals surface area contributed by atoms with E-state index in [0.29, 0.717) is 19.3 Å². The van der Waals surface area contributed by atoms with Crippen molar-refractivity contribution in [2.45, 2.75) is 44.6 Å². The minimum atomic E-state index is -0.886. The number of carboxylic acids is 1. The largest absolute Gasteiger partial charge is 0.481 e. The standard InChI is InChI=1S/C11H15NO4/c13-9-5-1-7(2-6-10(14)15)11(16)12(9)8-3-4-8/h7-8H,1-6H2,(H,14,15). The molecule has 0 aromatic heterocycles. The highest BCUT2D eigenvalue weighted by molar-refractivity contribution is 5.99. The molecule has 1 atom stereocenters. The number of carboxylic acid groups (broad SMARTS) is 1. The Morgan fingerprint density at radius 3 is 2.56 bits per heavy atom. The van der Waals surface area contributed by atoms with Gasteiger partial charge < -0.3 is 5.11 Å². The molecule has 0 bridgehead atoms. The van der Waals surface area contributed by atoms with Crippen molar-refractivity contribution < 1.29 is 19.5 Å². The fraction of sp³-hybridized carbons (Fsp3) is 0.727. The molecule has 2 fully saturated rings. The summed E-state index contributed by atoms with van der Waals surface area (Å²) < 4.78 is 0. The summed E-state index contributed by atoms with van der Waals surface area (Å²) in [4.78, 5) is 35.3. The molecule has 1 aliphatic carbocycles. The average Bonchev–Trinajstić information content (AvgIpc) is 3.00. The average molecular weight is 225 g/mol. The molecule has 0 radical (unpaired) electrons. The van der Waals surface area contributed by atoms with E-state index in [1.807, 2.05) is 0 Å². The molecule has 5 nitrogen and oxygen atoms in total. The van der Waals surface area contributed by atoms with Crippen molar-refractivity contribution in [2.75, 3.05) is 0 Å². The van der Waals surface area contributed by atoms with E-state index in [1.165, 1.54) is 4.90 Å². The lowest BCUT2D eigenvalue weighted by molar-refractivity contribution is -0.152. The first-order valence-electron chi connectivity index (χ1n) is 5.67. The van der Waals surface area contributed by atoms with Gasteiger partial charge in [-0.2, -0.15) is 0 Å². The van der Waals surface area contributed by atoms with Gasteiger partial charge in [-0.15, -0.1) is 0 Å². The Morgan fingerprint density at radius 1 is 1.31 bits per heavy atom. The third-order valence-corrected chi connectivity index (χ3v) is 3.18. The van der Waals surface area contributed by atoms with E-state index in [9.17, 15) is 14.4 Å². The summed E-state index contributed by atoms with van der Waals surface area (Å²) >= 11 is 0. The second-order valence-electron chi connectivity index (χ2n) is 4.50. The normalized spacial score (nSPS) is 26.0. The van der Waals surface area contributed by atoms with Crippen LogP contribution in [-0.2, 0) is 14.4 Å². The van der Waals surface area contributed by atoms with Gasteiger partial charge in [-0.3, -0.25) is 19.3 Å². The van der Waals surface area contributed by atoms with Crippen LogP contribution in [0, 0.1) is 5.92 Å². The summed E-state index contributed by atoms with van der Waals surface area (Å²) in [5.74, 6) is -1.39. The molecule has 0 aromatic carbocycles. The molecular formula is C11H15NO4. The number of carbonyl (C=O) groups excluding carboxylic acids is 2. The van der Waals surface area contributed by atoms with E-state index < -0.39 is 5.97 Å². The second-order valence-corrected chi connectivity index (χ2v) is 4.50. The van der Waals surface area contributed by atoms with E-state index in [4.69, 9.17) is 5.11 Å². The molecule has 1 N–H and O–H groups in total. The smallest absolute Gasteiger partial charge is 0.303 e. The van der Waals surface area contributed by atoms with Crippen molar-refractivity contribution in [3.05, 3.63) is 0 Å². The number of amides is 2. The van der Waals surface area contributed by atoms with Crippen LogP contribution in [-0.4, -0.2) is 33.8 Å². The zero-order chi connectivity index (χ0) is 11.7. The van der Waals surface area contributed by atoms with E-state index in [-0.39, 0.29) is 30.2 Å². The molecule has 2 amide bonds. The molecule has 1 unspecified atom stereocenters. The predicted octanol–water partition coefficient (Wildman–Crippen LogP) is 0.779. The van der Waals surface area contributed by atoms with Gasteiger partial charge >= 0.3 is 5.97 Å². The van der Waals surface area contributed by atoms with Crippen LogP contribution in [0.25, 0.3) is 0 Å². The number of aliphatic carboxylic acids is 1. The number of rotatable bonds is 4. The van der Waals surface area contributed by atoms with Crippen molar-refractivity contribution in [3.63, 3.8) is 0 Å². The lowest BCUT2D eigenvalue weighted by Crippen LogP contribution is -2.46. The van der Waals surface area contributed by atoms with Crippen LogP contribution in [0.4, 0.5) is 0 Å². The quantitative estimate of drug-likeness (QED) is 0.717. The van der Waals surface area contributed by atoms with Crippen LogP contribution in [0.1, 0.15) is 38.5 Å². The van der Waals surface area contributed by atoms with Crippen LogP contribution >= 0.6 is 0 Å². The molecule has 0 aromatic rings. The molecule has 2 rings (SSSR count). The Hall–Kier alpha value is -1.39. The van der Waals surface area contributed by atoms with E-state index in [1.54, 1.807) is 0 Å². The zero-order valence-electron chi connectivity index (χ0n) is 9.02. The number of hydrogen-bond acceptors (Lipinski definition) is 3. The van der Waals surface area contributed by atoms with E-state index in [2.05, 4.69) is 0 Å². The molecule has 0 spiro atoms. The van der Waals surface area contributed by atoms with Crippen molar-refractivity contribution in [2.24, 2.45) is 5.92 Å². The SMILES string of the molecule is O=C(O)CCC1CCC(=O)N(C2CC2)C1=O. The van der Waals surface area contributed by atoms with Gasteiger partial charge in [0.15, 0.2) is 0 Å². The van der Waals surface area contributed by atoms with E-state index >= 15 is 0 Å². The Labute approximate surface area is 93.4 Å². The first-order chi connectivity index (χ1) is 7.59. The number of piperidine rings is 1. The lowest BCUT2D eigenvalue weighted by Gasteiger charge is -2.30. The third kappa shape index (κ3) is 2.23. The summed E-state index contributed by atoms with van der Waals surface area (Å²) in [6, 6.07) is 0.104. The molecule has 1 saturated heterocycles. The number of nitrogens with zero attached hydrogens (tertiary/aromatic N) is 1. The van der Waals surface area contributed by atoms with Gasteiger partial charge in [0.05, 0.1) is 0 Å². The molecule has 88 valence electrons. The highest BCUT2D eigenvalue weighted by Gasteiger charge is 2.42. The highest BCUT2D eigenvalue weighted by Crippen LogP contribution is 2.33. The Morgan fingerprint density at radius 2 is 2.00 bits per heavy atom. The van der Waals surface area contributed by atoms with Gasteiger partial charge in [0.1, 0.15) is 0 Å². The Bertz CT molecular complexity index is 335. The molecular weight excluding hydrogens is 210 g/mol. The van der Waals surface area contributed by atoms with Crippen molar-refractivity contribution in [1.29, 1.82) is 0 Å². The van der Waals surface area contributed by atoms with Gasteiger partial charge in [-0.25, -0.2) is 0 Å². The van der Waals surface area contributed by atoms with Gasteiger partial charge in [-0.05, 0) is 25.7 Å². The van der Waals surface area contributed by atoms with Crippen molar-refractivity contribution in [1.82, 2.24) is 4.90 Å². The minimum absolute atomic E-state index is 0.00308. The zero-order valence-corrected chi connectivity index (χ0v) is 9.02. The van der Waals surface area contributed by atoms with Gasteiger partial charge in [-0.1, -0.05) is 0 Å². The molecule has 1 aliphatic heterocycles. The van der Waals surface area contributed by atoms with Crippen molar-refractivity contribution in [3.8, 4) is 0 Å².